The number of benzene rings is 1. The van der Waals surface area contributed by atoms with Crippen LogP contribution in [0.2, 0.25) is 5.02 Å². The normalized spacial score (nSPS) is 17.3. The van der Waals surface area contributed by atoms with Gasteiger partial charge in [-0.15, -0.1) is 0 Å². The van der Waals surface area contributed by atoms with Gasteiger partial charge in [0.25, 0.3) is 0 Å². The topological polar surface area (TPSA) is 74.7 Å². The van der Waals surface area contributed by atoms with Crippen LogP contribution >= 0.6 is 11.6 Å². The van der Waals surface area contributed by atoms with E-state index in [-0.39, 0.29) is 6.04 Å². The Morgan fingerprint density at radius 3 is 2.89 bits per heavy atom. The number of nitrogens with zero attached hydrogens (tertiary/aromatic N) is 2. The van der Waals surface area contributed by atoms with E-state index in [1.807, 2.05) is 12.1 Å². The van der Waals surface area contributed by atoms with Crippen molar-refractivity contribution in [3.05, 3.63) is 58.8 Å². The van der Waals surface area contributed by atoms with Gasteiger partial charge in [-0.2, -0.15) is 0 Å². The maximum Gasteiger partial charge on any atom is 0.328 e. The number of carbonyl (C=O) groups is 1. The van der Waals surface area contributed by atoms with Crippen LogP contribution in [0.15, 0.2) is 42.6 Å². The molecule has 1 aliphatic heterocycles. The summed E-state index contributed by atoms with van der Waals surface area (Å²) in [5.74, 6) is 0.485. The van der Waals surface area contributed by atoms with Crippen molar-refractivity contribution in [3.63, 3.8) is 0 Å². The first-order chi connectivity index (χ1) is 13.0. The largest absolute Gasteiger partial charge is 0.497 e. The molecule has 2 N–H and O–H groups in total. The number of carboxylic acids is 1. The Balaban J connectivity index is 1.55. The molecular formula is C20H22ClN3O3. The first-order valence-electron chi connectivity index (χ1n) is 8.72. The van der Waals surface area contributed by atoms with E-state index in [0.29, 0.717) is 16.4 Å². The van der Waals surface area contributed by atoms with Crippen LogP contribution in [-0.4, -0.2) is 47.2 Å². The summed E-state index contributed by atoms with van der Waals surface area (Å²) >= 11 is 6.29. The van der Waals surface area contributed by atoms with E-state index in [1.54, 1.807) is 19.4 Å². The predicted molar refractivity (Wildman–Crippen MR) is 106 cm³/mol. The molecule has 6 nitrogen and oxygen atoms in total. The van der Waals surface area contributed by atoms with Crippen molar-refractivity contribution >= 4 is 29.5 Å². The van der Waals surface area contributed by atoms with Gasteiger partial charge in [-0.3, -0.25) is 4.90 Å². The molecule has 3 rings (SSSR count). The minimum Gasteiger partial charge on any atom is -0.497 e. The lowest BCUT2D eigenvalue weighted by Crippen LogP contribution is -2.26. The highest BCUT2D eigenvalue weighted by Crippen LogP contribution is 2.24. The third-order valence-electron chi connectivity index (χ3n) is 4.46. The maximum atomic E-state index is 10.6. The fourth-order valence-electron chi connectivity index (χ4n) is 3.09. The molecule has 1 saturated heterocycles. The van der Waals surface area contributed by atoms with Gasteiger partial charge in [0.05, 0.1) is 12.1 Å². The van der Waals surface area contributed by atoms with Gasteiger partial charge in [0, 0.05) is 37.9 Å². The van der Waals surface area contributed by atoms with Gasteiger partial charge in [-0.1, -0.05) is 23.7 Å². The number of rotatable bonds is 7. The lowest BCUT2D eigenvalue weighted by molar-refractivity contribution is -0.131. The van der Waals surface area contributed by atoms with Gasteiger partial charge in [0.1, 0.15) is 11.6 Å². The van der Waals surface area contributed by atoms with Crippen molar-refractivity contribution in [2.75, 3.05) is 25.5 Å². The average molecular weight is 388 g/mol. The number of nitrogens with one attached hydrogen (secondary N) is 1. The molecule has 1 aromatic carbocycles. The van der Waals surface area contributed by atoms with Gasteiger partial charge in [-0.05, 0) is 41.8 Å². The molecule has 1 atom stereocenters. The summed E-state index contributed by atoms with van der Waals surface area (Å²) in [5, 5.41) is 12.6. The number of carboxylic acid groups (broad SMARTS) is 1. The van der Waals surface area contributed by atoms with Gasteiger partial charge in [0.2, 0.25) is 0 Å². The zero-order chi connectivity index (χ0) is 19.2. The second-order valence-corrected chi connectivity index (χ2v) is 6.89. The van der Waals surface area contributed by atoms with Crippen LogP contribution in [0.3, 0.4) is 0 Å². The molecular weight excluding hydrogens is 366 g/mol. The third kappa shape index (κ3) is 5.45. The molecule has 2 aromatic rings. The highest BCUT2D eigenvalue weighted by Gasteiger charge is 2.23. The van der Waals surface area contributed by atoms with Crippen LogP contribution in [0.25, 0.3) is 6.08 Å². The van der Waals surface area contributed by atoms with Gasteiger partial charge in [-0.25, -0.2) is 9.78 Å². The Morgan fingerprint density at radius 2 is 2.22 bits per heavy atom. The zero-order valence-corrected chi connectivity index (χ0v) is 15.8. The first-order valence-corrected chi connectivity index (χ1v) is 9.09. The summed E-state index contributed by atoms with van der Waals surface area (Å²) in [6, 6.07) is 10.1. The van der Waals surface area contributed by atoms with Crippen molar-refractivity contribution in [2.24, 2.45) is 0 Å². The van der Waals surface area contributed by atoms with Crippen molar-refractivity contribution in [1.29, 1.82) is 0 Å². The van der Waals surface area contributed by atoms with Crippen molar-refractivity contribution in [1.82, 2.24) is 9.88 Å². The average Bonchev–Trinajstić information content (AvgIpc) is 3.09. The van der Waals surface area contributed by atoms with Gasteiger partial charge in [0.15, 0.2) is 0 Å². The first kappa shape index (κ1) is 19.2. The number of ether oxygens (including phenoxy) is 1. The quantitative estimate of drug-likeness (QED) is 0.708. The minimum absolute atomic E-state index is 0.272. The molecule has 1 fully saturated rings. The molecule has 0 bridgehead atoms. The van der Waals surface area contributed by atoms with E-state index in [4.69, 9.17) is 21.4 Å². The predicted octanol–water partition coefficient (Wildman–Crippen LogP) is 3.53. The molecule has 0 radical (unpaired) electrons. The molecule has 27 heavy (non-hydrogen) atoms. The Kier molecular flexibility index (Phi) is 6.32. The number of halogens is 1. The number of likely N-dealkylation sites (tertiary alicyclic amines) is 1. The van der Waals surface area contributed by atoms with Crippen molar-refractivity contribution < 1.29 is 14.6 Å². The second-order valence-electron chi connectivity index (χ2n) is 6.48. The van der Waals surface area contributed by atoms with Gasteiger partial charge < -0.3 is 15.2 Å². The lowest BCUT2D eigenvalue weighted by atomic mass is 10.2. The second kappa shape index (κ2) is 8.88. The molecule has 0 aliphatic carbocycles. The number of hydrogen-bond donors (Lipinski definition) is 2. The summed E-state index contributed by atoms with van der Waals surface area (Å²) in [6.45, 7) is 2.80. The number of aromatic nitrogens is 1. The maximum absolute atomic E-state index is 10.6. The summed E-state index contributed by atoms with van der Waals surface area (Å²) in [7, 11) is 1.67. The van der Waals surface area contributed by atoms with Crippen LogP contribution in [-0.2, 0) is 11.3 Å². The summed E-state index contributed by atoms with van der Waals surface area (Å²) in [6.07, 6.45) is 5.15. The molecule has 2 heterocycles. The van der Waals surface area contributed by atoms with Crippen LogP contribution < -0.4 is 10.1 Å². The van der Waals surface area contributed by atoms with E-state index < -0.39 is 5.97 Å². The van der Waals surface area contributed by atoms with Gasteiger partial charge >= 0.3 is 5.97 Å². The Labute approximate surface area is 163 Å². The fraction of sp³-hybridized carbons (Fsp3) is 0.300. The molecule has 0 spiro atoms. The highest BCUT2D eigenvalue weighted by molar-refractivity contribution is 6.33. The number of pyridine rings is 1. The lowest BCUT2D eigenvalue weighted by Gasteiger charge is -2.18. The summed E-state index contributed by atoms with van der Waals surface area (Å²) in [5.41, 5.74) is 1.91. The molecule has 1 aromatic heterocycles. The molecule has 142 valence electrons. The third-order valence-corrected chi connectivity index (χ3v) is 4.75. The van der Waals surface area contributed by atoms with E-state index in [9.17, 15) is 4.79 Å². The van der Waals surface area contributed by atoms with Crippen molar-refractivity contribution in [2.45, 2.75) is 19.0 Å². The Bertz CT molecular complexity index is 824. The van der Waals surface area contributed by atoms with E-state index in [0.717, 1.165) is 37.9 Å². The van der Waals surface area contributed by atoms with Crippen LogP contribution in [0.4, 0.5) is 5.82 Å². The minimum atomic E-state index is -1.00. The zero-order valence-electron chi connectivity index (χ0n) is 15.1. The number of hydrogen-bond acceptors (Lipinski definition) is 5. The smallest absolute Gasteiger partial charge is 0.328 e. The summed E-state index contributed by atoms with van der Waals surface area (Å²) < 4.78 is 5.19. The molecule has 1 aliphatic rings. The Hall–Kier alpha value is -2.57. The SMILES string of the molecule is COc1ccc(CN2CC[C@@H](Nc3ncc(C=CC(=O)O)cc3Cl)C2)cc1. The van der Waals surface area contributed by atoms with Crippen LogP contribution in [0.5, 0.6) is 5.75 Å². The summed E-state index contributed by atoms with van der Waals surface area (Å²) in [4.78, 5) is 17.3. The van der Waals surface area contributed by atoms with E-state index >= 15 is 0 Å². The van der Waals surface area contributed by atoms with E-state index in [1.165, 1.54) is 11.6 Å². The fourth-order valence-corrected chi connectivity index (χ4v) is 3.32. The Morgan fingerprint density at radius 1 is 1.44 bits per heavy atom. The molecule has 0 amide bonds. The monoisotopic (exact) mass is 387 g/mol. The standard InChI is InChI=1S/C20H22ClN3O3/c1-27-17-5-2-14(3-6-17)12-24-9-8-16(13-24)23-20-18(21)10-15(11-22-20)4-7-19(25)26/h2-7,10-11,16H,8-9,12-13H2,1H3,(H,22,23)(H,25,26)/t16-/m1/s1. The number of aliphatic carboxylic acids is 1. The van der Waals surface area contributed by atoms with Crippen LogP contribution in [0, 0.1) is 0 Å². The molecule has 7 heteroatoms. The van der Waals surface area contributed by atoms with Crippen molar-refractivity contribution in [3.8, 4) is 5.75 Å². The number of methoxy groups -OCH3 is 1. The molecule has 0 saturated carbocycles. The highest BCUT2D eigenvalue weighted by atomic mass is 35.5. The van der Waals surface area contributed by atoms with E-state index in [2.05, 4.69) is 27.3 Å². The number of anilines is 1. The van der Waals surface area contributed by atoms with Crippen LogP contribution in [0.1, 0.15) is 17.5 Å². The molecule has 0 unspecified atom stereocenters.